The molecule has 32 heavy (non-hydrogen) atoms. The van der Waals surface area contributed by atoms with E-state index in [1.54, 1.807) is 31.2 Å². The standard InChI is InChI=1S/C23H28N4O5/c1-5-30-21(29)15-7-8-19-17(10-15)26-22(24-11-16-13-31-23(3,4)32-16)27(19)12-18-20(28)9-6-14(2)25-18/h6-10,16,28H,5,11-13H2,1-4H3,(H,24,26). The Bertz CT molecular complexity index is 1140. The van der Waals surface area contributed by atoms with Gasteiger partial charge in [0.2, 0.25) is 5.95 Å². The van der Waals surface area contributed by atoms with Crippen molar-refractivity contribution in [3.8, 4) is 5.75 Å². The maximum atomic E-state index is 12.2. The first-order chi connectivity index (χ1) is 15.3. The van der Waals surface area contributed by atoms with Crippen LogP contribution in [0, 0.1) is 6.92 Å². The van der Waals surface area contributed by atoms with Crippen LogP contribution in [-0.2, 0) is 20.8 Å². The summed E-state index contributed by atoms with van der Waals surface area (Å²) in [6, 6.07) is 8.63. The molecule has 0 spiro atoms. The average Bonchev–Trinajstić information content (AvgIpc) is 3.28. The molecule has 1 unspecified atom stereocenters. The Morgan fingerprint density at radius 2 is 2.12 bits per heavy atom. The van der Waals surface area contributed by atoms with Crippen LogP contribution in [0.1, 0.15) is 42.5 Å². The van der Waals surface area contributed by atoms with Crippen LogP contribution in [0.2, 0.25) is 0 Å². The highest BCUT2D eigenvalue weighted by atomic mass is 16.7. The summed E-state index contributed by atoms with van der Waals surface area (Å²) in [4.78, 5) is 21.3. The maximum absolute atomic E-state index is 12.2. The second kappa shape index (κ2) is 8.76. The van der Waals surface area contributed by atoms with Crippen molar-refractivity contribution < 1.29 is 24.1 Å². The molecule has 2 aromatic heterocycles. The third-order valence-electron chi connectivity index (χ3n) is 5.21. The number of fused-ring (bicyclic) bond motifs is 1. The molecule has 1 aliphatic rings. The third kappa shape index (κ3) is 4.68. The van der Waals surface area contributed by atoms with Crippen LogP contribution in [0.15, 0.2) is 30.3 Å². The molecule has 1 aromatic carbocycles. The first kappa shape index (κ1) is 22.0. The molecule has 1 atom stereocenters. The van der Waals surface area contributed by atoms with E-state index in [0.717, 1.165) is 11.2 Å². The lowest BCUT2D eigenvalue weighted by atomic mass is 10.2. The zero-order chi connectivity index (χ0) is 22.9. The summed E-state index contributed by atoms with van der Waals surface area (Å²) < 4.78 is 18.5. The van der Waals surface area contributed by atoms with Gasteiger partial charge in [-0.1, -0.05) is 0 Å². The number of aromatic hydroxyl groups is 1. The van der Waals surface area contributed by atoms with Crippen LogP contribution in [0.25, 0.3) is 11.0 Å². The smallest absolute Gasteiger partial charge is 0.338 e. The lowest BCUT2D eigenvalue weighted by Crippen LogP contribution is -2.26. The molecule has 0 radical (unpaired) electrons. The Kier molecular flexibility index (Phi) is 6.03. The fourth-order valence-electron chi connectivity index (χ4n) is 3.70. The Morgan fingerprint density at radius 3 is 2.84 bits per heavy atom. The summed E-state index contributed by atoms with van der Waals surface area (Å²) in [6.45, 7) is 8.98. The third-order valence-corrected chi connectivity index (χ3v) is 5.21. The number of hydrogen-bond acceptors (Lipinski definition) is 8. The molecule has 4 rings (SSSR count). The highest BCUT2D eigenvalue weighted by Crippen LogP contribution is 2.27. The molecule has 9 heteroatoms. The summed E-state index contributed by atoms with van der Waals surface area (Å²) in [5.41, 5.74) is 3.20. The predicted molar refractivity (Wildman–Crippen MR) is 119 cm³/mol. The van der Waals surface area contributed by atoms with Crippen molar-refractivity contribution in [1.82, 2.24) is 14.5 Å². The van der Waals surface area contributed by atoms with Gasteiger partial charge in [0.15, 0.2) is 5.79 Å². The Hall–Kier alpha value is -3.17. The van der Waals surface area contributed by atoms with Crippen LogP contribution in [0.5, 0.6) is 5.75 Å². The number of carbonyl (C=O) groups is 1. The van der Waals surface area contributed by atoms with Gasteiger partial charge in [0.05, 0.1) is 36.4 Å². The predicted octanol–water partition coefficient (Wildman–Crippen LogP) is 3.23. The zero-order valence-corrected chi connectivity index (χ0v) is 18.7. The highest BCUT2D eigenvalue weighted by molar-refractivity contribution is 5.94. The van der Waals surface area contributed by atoms with Crippen molar-refractivity contribution in [3.63, 3.8) is 0 Å². The second-order valence-electron chi connectivity index (χ2n) is 8.20. The summed E-state index contributed by atoms with van der Waals surface area (Å²) in [5, 5.41) is 13.7. The lowest BCUT2D eigenvalue weighted by molar-refractivity contribution is -0.136. The van der Waals surface area contributed by atoms with E-state index in [1.165, 1.54) is 0 Å². The van der Waals surface area contributed by atoms with Crippen molar-refractivity contribution in [2.75, 3.05) is 25.1 Å². The maximum Gasteiger partial charge on any atom is 0.338 e. The number of ether oxygens (including phenoxy) is 3. The molecule has 0 aliphatic carbocycles. The summed E-state index contributed by atoms with van der Waals surface area (Å²) in [5.74, 6) is -0.314. The molecule has 9 nitrogen and oxygen atoms in total. The molecule has 0 bridgehead atoms. The fraction of sp³-hybridized carbons (Fsp3) is 0.435. The summed E-state index contributed by atoms with van der Waals surface area (Å²) in [6.07, 6.45) is -0.126. The number of benzene rings is 1. The van der Waals surface area contributed by atoms with Gasteiger partial charge in [-0.05, 0) is 58.0 Å². The molecular formula is C23H28N4O5. The number of nitrogens with one attached hydrogen (secondary N) is 1. The van der Waals surface area contributed by atoms with E-state index in [0.29, 0.717) is 49.0 Å². The van der Waals surface area contributed by atoms with Crippen LogP contribution >= 0.6 is 0 Å². The topological polar surface area (TPSA) is 108 Å². The molecule has 0 amide bonds. The molecule has 3 aromatic rings. The molecular weight excluding hydrogens is 412 g/mol. The minimum Gasteiger partial charge on any atom is -0.506 e. The number of hydrogen-bond donors (Lipinski definition) is 2. The number of aromatic nitrogens is 3. The normalized spacial score (nSPS) is 17.6. The number of anilines is 1. The minimum atomic E-state index is -0.613. The van der Waals surface area contributed by atoms with Gasteiger partial charge in [-0.3, -0.25) is 4.98 Å². The summed E-state index contributed by atoms with van der Waals surface area (Å²) >= 11 is 0. The van der Waals surface area contributed by atoms with E-state index in [2.05, 4.69) is 10.3 Å². The molecule has 3 heterocycles. The zero-order valence-electron chi connectivity index (χ0n) is 18.7. The first-order valence-electron chi connectivity index (χ1n) is 10.6. The van der Waals surface area contributed by atoms with Gasteiger partial charge in [-0.15, -0.1) is 0 Å². The van der Waals surface area contributed by atoms with Crippen molar-refractivity contribution in [2.24, 2.45) is 0 Å². The van der Waals surface area contributed by atoms with Crippen LogP contribution in [-0.4, -0.2) is 57.3 Å². The summed E-state index contributed by atoms with van der Waals surface area (Å²) in [7, 11) is 0. The number of aryl methyl sites for hydroxylation is 1. The van der Waals surface area contributed by atoms with E-state index < -0.39 is 11.8 Å². The molecule has 1 fully saturated rings. The molecule has 2 N–H and O–H groups in total. The number of rotatable bonds is 7. The van der Waals surface area contributed by atoms with Gasteiger partial charge < -0.3 is 29.2 Å². The number of nitrogens with zero attached hydrogens (tertiary/aromatic N) is 3. The van der Waals surface area contributed by atoms with Gasteiger partial charge in [-0.25, -0.2) is 9.78 Å². The number of esters is 1. The largest absolute Gasteiger partial charge is 0.506 e. The monoisotopic (exact) mass is 440 g/mol. The van der Waals surface area contributed by atoms with Gasteiger partial charge in [-0.2, -0.15) is 0 Å². The molecule has 170 valence electrons. The Balaban J connectivity index is 1.68. The molecule has 1 aliphatic heterocycles. The van der Waals surface area contributed by atoms with E-state index in [1.807, 2.05) is 31.4 Å². The fourth-order valence-corrected chi connectivity index (χ4v) is 3.70. The van der Waals surface area contributed by atoms with Gasteiger partial charge in [0, 0.05) is 12.2 Å². The number of imidazole rings is 1. The SMILES string of the molecule is CCOC(=O)c1ccc2c(c1)nc(NCC1COC(C)(C)O1)n2Cc1nc(C)ccc1O. The number of pyridine rings is 1. The van der Waals surface area contributed by atoms with Crippen LogP contribution < -0.4 is 5.32 Å². The van der Waals surface area contributed by atoms with Crippen molar-refractivity contribution in [2.45, 2.75) is 46.1 Å². The van der Waals surface area contributed by atoms with Crippen molar-refractivity contribution in [3.05, 3.63) is 47.3 Å². The van der Waals surface area contributed by atoms with Crippen LogP contribution in [0.3, 0.4) is 0 Å². The number of carbonyl (C=O) groups excluding carboxylic acids is 1. The van der Waals surface area contributed by atoms with E-state index in [4.69, 9.17) is 19.2 Å². The minimum absolute atomic E-state index is 0.112. The van der Waals surface area contributed by atoms with E-state index in [-0.39, 0.29) is 11.9 Å². The van der Waals surface area contributed by atoms with Crippen molar-refractivity contribution in [1.29, 1.82) is 0 Å². The average molecular weight is 441 g/mol. The van der Waals surface area contributed by atoms with Crippen molar-refractivity contribution >= 4 is 23.0 Å². The first-order valence-corrected chi connectivity index (χ1v) is 10.6. The molecule has 1 saturated heterocycles. The van der Waals surface area contributed by atoms with E-state index in [9.17, 15) is 9.90 Å². The van der Waals surface area contributed by atoms with Gasteiger partial charge in [0.1, 0.15) is 17.5 Å². The van der Waals surface area contributed by atoms with Crippen LogP contribution in [0.4, 0.5) is 5.95 Å². The molecule has 0 saturated carbocycles. The van der Waals surface area contributed by atoms with Gasteiger partial charge >= 0.3 is 5.97 Å². The second-order valence-corrected chi connectivity index (χ2v) is 8.20. The van der Waals surface area contributed by atoms with E-state index >= 15 is 0 Å². The highest BCUT2D eigenvalue weighted by Gasteiger charge is 2.32. The van der Waals surface area contributed by atoms with Gasteiger partial charge in [0.25, 0.3) is 0 Å². The Morgan fingerprint density at radius 1 is 1.31 bits per heavy atom. The lowest BCUT2D eigenvalue weighted by Gasteiger charge is -2.18. The quantitative estimate of drug-likeness (QED) is 0.539. The Labute approximate surface area is 186 Å².